The summed E-state index contributed by atoms with van der Waals surface area (Å²) in [4.78, 5) is 16.3. The van der Waals surface area contributed by atoms with E-state index < -0.39 is 11.8 Å². The molecular formula is C15H11ClFN3OS. The Morgan fingerprint density at radius 3 is 2.77 bits per heavy atom. The average molecular weight is 336 g/mol. The third-order valence-electron chi connectivity index (χ3n) is 3.09. The quantitative estimate of drug-likeness (QED) is 0.689. The van der Waals surface area contributed by atoms with E-state index in [0.717, 1.165) is 15.8 Å². The molecule has 3 rings (SSSR count). The number of nitrogens with one attached hydrogen (secondary N) is 2. The monoisotopic (exact) mass is 335 g/mol. The molecular weight excluding hydrogens is 325 g/mol. The number of carbonyl (C=O) groups is 1. The summed E-state index contributed by atoms with van der Waals surface area (Å²) >= 11 is 7.38. The van der Waals surface area contributed by atoms with Gasteiger partial charge in [0.2, 0.25) is 0 Å². The topological polar surface area (TPSA) is 54.0 Å². The van der Waals surface area contributed by atoms with Crippen molar-refractivity contribution >= 4 is 50.0 Å². The molecule has 0 aliphatic heterocycles. The summed E-state index contributed by atoms with van der Waals surface area (Å²) in [6.07, 6.45) is 0. The number of hydrogen-bond donors (Lipinski definition) is 2. The van der Waals surface area contributed by atoms with Gasteiger partial charge in [-0.2, -0.15) is 0 Å². The second-order valence-electron chi connectivity index (χ2n) is 4.60. The highest BCUT2D eigenvalue weighted by Crippen LogP contribution is 2.31. The second-order valence-corrected chi connectivity index (χ2v) is 6.03. The molecule has 1 aromatic heterocycles. The zero-order valence-electron chi connectivity index (χ0n) is 11.5. The number of rotatable bonds is 2. The smallest absolute Gasteiger partial charge is 0.305 e. The van der Waals surface area contributed by atoms with Crippen LogP contribution >= 0.6 is 22.9 Å². The number of anilines is 2. The molecule has 0 aliphatic carbocycles. The van der Waals surface area contributed by atoms with E-state index in [1.54, 1.807) is 18.2 Å². The number of carbonyl (C=O) groups excluding carboxylic acids is 1. The van der Waals surface area contributed by atoms with Crippen LogP contribution in [0.15, 0.2) is 36.4 Å². The summed E-state index contributed by atoms with van der Waals surface area (Å²) in [5.74, 6) is -0.496. The number of para-hydroxylation sites is 1. The van der Waals surface area contributed by atoms with Gasteiger partial charge >= 0.3 is 6.03 Å². The molecule has 3 aromatic rings. The van der Waals surface area contributed by atoms with Gasteiger partial charge in [-0.25, -0.2) is 14.2 Å². The molecule has 7 heteroatoms. The van der Waals surface area contributed by atoms with Crippen LogP contribution in [0.4, 0.5) is 20.0 Å². The molecule has 112 valence electrons. The van der Waals surface area contributed by atoms with Gasteiger partial charge < -0.3 is 5.32 Å². The minimum Gasteiger partial charge on any atom is -0.305 e. The lowest BCUT2D eigenvalue weighted by atomic mass is 10.2. The van der Waals surface area contributed by atoms with Crippen LogP contribution in [0.1, 0.15) is 5.56 Å². The molecule has 2 N–H and O–H groups in total. The van der Waals surface area contributed by atoms with Crippen molar-refractivity contribution in [3.05, 3.63) is 52.8 Å². The number of nitrogens with zero attached hydrogens (tertiary/aromatic N) is 1. The minimum atomic E-state index is -0.548. The molecule has 0 aliphatic rings. The predicted octanol–water partition coefficient (Wildman–Crippen LogP) is 5.04. The van der Waals surface area contributed by atoms with Crippen LogP contribution in [0.5, 0.6) is 0 Å². The number of thiazole rings is 1. The molecule has 22 heavy (non-hydrogen) atoms. The Bertz CT molecular complexity index is 865. The van der Waals surface area contributed by atoms with E-state index in [4.69, 9.17) is 11.6 Å². The highest BCUT2D eigenvalue weighted by molar-refractivity contribution is 7.22. The van der Waals surface area contributed by atoms with Gasteiger partial charge in [0, 0.05) is 5.02 Å². The lowest BCUT2D eigenvalue weighted by Gasteiger charge is -2.05. The normalized spacial score (nSPS) is 10.7. The Balaban J connectivity index is 1.80. The molecule has 0 radical (unpaired) electrons. The number of amides is 2. The lowest BCUT2D eigenvalue weighted by Crippen LogP contribution is -2.19. The van der Waals surface area contributed by atoms with E-state index in [-0.39, 0.29) is 5.69 Å². The van der Waals surface area contributed by atoms with Gasteiger partial charge in [-0.15, -0.1) is 0 Å². The first-order valence-corrected chi connectivity index (χ1v) is 7.62. The Morgan fingerprint density at radius 2 is 2.00 bits per heavy atom. The largest absolute Gasteiger partial charge is 0.325 e. The highest BCUT2D eigenvalue weighted by Gasteiger charge is 2.12. The number of fused-ring (bicyclic) bond motifs is 1. The first-order chi connectivity index (χ1) is 10.5. The summed E-state index contributed by atoms with van der Waals surface area (Å²) in [7, 11) is 0. The third-order valence-corrected chi connectivity index (χ3v) is 4.44. The van der Waals surface area contributed by atoms with Crippen molar-refractivity contribution in [3.8, 4) is 0 Å². The van der Waals surface area contributed by atoms with Crippen LogP contribution in [-0.2, 0) is 0 Å². The van der Waals surface area contributed by atoms with Crippen molar-refractivity contribution in [2.75, 3.05) is 10.6 Å². The van der Waals surface area contributed by atoms with Crippen molar-refractivity contribution in [1.82, 2.24) is 4.98 Å². The van der Waals surface area contributed by atoms with Crippen molar-refractivity contribution in [3.63, 3.8) is 0 Å². The van der Waals surface area contributed by atoms with Gasteiger partial charge in [0.1, 0.15) is 5.82 Å². The van der Waals surface area contributed by atoms with Gasteiger partial charge in [0.15, 0.2) is 5.13 Å². The number of benzene rings is 2. The van der Waals surface area contributed by atoms with Gasteiger partial charge in [-0.1, -0.05) is 35.1 Å². The summed E-state index contributed by atoms with van der Waals surface area (Å²) in [6, 6.07) is 9.05. The predicted molar refractivity (Wildman–Crippen MR) is 88.4 cm³/mol. The SMILES string of the molecule is Cc1c(Cl)ccc2sc(NC(=O)Nc3ccccc3F)nc12. The Morgan fingerprint density at radius 1 is 1.23 bits per heavy atom. The fourth-order valence-electron chi connectivity index (χ4n) is 1.97. The fourth-order valence-corrected chi connectivity index (χ4v) is 3.04. The Kier molecular flexibility index (Phi) is 3.96. The number of halogens is 2. The molecule has 0 saturated heterocycles. The van der Waals surface area contributed by atoms with Crippen LogP contribution in [0, 0.1) is 12.7 Å². The van der Waals surface area contributed by atoms with E-state index in [0.29, 0.717) is 10.2 Å². The van der Waals surface area contributed by atoms with Crippen LogP contribution in [0.3, 0.4) is 0 Å². The molecule has 0 fully saturated rings. The zero-order valence-corrected chi connectivity index (χ0v) is 13.1. The first-order valence-electron chi connectivity index (χ1n) is 6.43. The van der Waals surface area contributed by atoms with E-state index in [1.807, 2.05) is 13.0 Å². The van der Waals surface area contributed by atoms with Crippen LogP contribution < -0.4 is 10.6 Å². The second kappa shape index (κ2) is 5.90. The molecule has 0 spiro atoms. The molecule has 0 unspecified atom stereocenters. The van der Waals surface area contributed by atoms with Crippen LogP contribution in [0.25, 0.3) is 10.2 Å². The first kappa shape index (κ1) is 14.7. The Hall–Kier alpha value is -2.18. The standard InChI is InChI=1S/C15H11ClFN3OS/c1-8-9(16)6-7-12-13(8)19-15(22-12)20-14(21)18-11-5-3-2-4-10(11)17/h2-7H,1H3,(H2,18,19,20,21). The van der Waals surface area contributed by atoms with Crippen LogP contribution in [0.2, 0.25) is 5.02 Å². The molecule has 2 aromatic carbocycles. The Labute approximate surface area is 134 Å². The van der Waals surface area contributed by atoms with E-state index in [1.165, 1.54) is 23.5 Å². The molecule has 1 heterocycles. The van der Waals surface area contributed by atoms with Crippen molar-refractivity contribution in [2.24, 2.45) is 0 Å². The zero-order chi connectivity index (χ0) is 15.7. The molecule has 0 bridgehead atoms. The van der Waals surface area contributed by atoms with Crippen molar-refractivity contribution in [2.45, 2.75) is 6.92 Å². The maximum Gasteiger partial charge on any atom is 0.325 e. The van der Waals surface area contributed by atoms with Crippen LogP contribution in [-0.4, -0.2) is 11.0 Å². The summed E-state index contributed by atoms with van der Waals surface area (Å²) in [5.41, 5.74) is 1.72. The molecule has 0 atom stereocenters. The summed E-state index contributed by atoms with van der Waals surface area (Å²) in [6.45, 7) is 1.87. The van der Waals surface area contributed by atoms with E-state index >= 15 is 0 Å². The number of aromatic nitrogens is 1. The maximum absolute atomic E-state index is 13.5. The van der Waals surface area contributed by atoms with E-state index in [9.17, 15) is 9.18 Å². The average Bonchev–Trinajstić information content (AvgIpc) is 2.89. The molecule has 0 saturated carbocycles. The highest BCUT2D eigenvalue weighted by atomic mass is 35.5. The van der Waals surface area contributed by atoms with Gasteiger partial charge in [0.05, 0.1) is 15.9 Å². The minimum absolute atomic E-state index is 0.111. The number of urea groups is 1. The van der Waals surface area contributed by atoms with E-state index in [2.05, 4.69) is 15.6 Å². The number of aryl methyl sites for hydroxylation is 1. The fraction of sp³-hybridized carbons (Fsp3) is 0.0667. The van der Waals surface area contributed by atoms with Crippen molar-refractivity contribution < 1.29 is 9.18 Å². The third kappa shape index (κ3) is 2.88. The van der Waals surface area contributed by atoms with Gasteiger partial charge in [-0.05, 0) is 36.8 Å². The molecule has 2 amide bonds. The summed E-state index contributed by atoms with van der Waals surface area (Å²) < 4.78 is 14.4. The maximum atomic E-state index is 13.5. The van der Waals surface area contributed by atoms with Gasteiger partial charge in [0.25, 0.3) is 0 Å². The van der Waals surface area contributed by atoms with Gasteiger partial charge in [-0.3, -0.25) is 5.32 Å². The number of hydrogen-bond acceptors (Lipinski definition) is 3. The lowest BCUT2D eigenvalue weighted by molar-refractivity contribution is 0.262. The summed E-state index contributed by atoms with van der Waals surface area (Å²) in [5, 5.41) is 6.10. The van der Waals surface area contributed by atoms with Crippen molar-refractivity contribution in [1.29, 1.82) is 0 Å². The molecule has 4 nitrogen and oxygen atoms in total.